The van der Waals surface area contributed by atoms with Gasteiger partial charge in [-0.3, -0.25) is 4.79 Å². The van der Waals surface area contributed by atoms with Crippen LogP contribution in [0.15, 0.2) is 59.5 Å². The monoisotopic (exact) mass is 422 g/mol. The van der Waals surface area contributed by atoms with Gasteiger partial charge in [0.15, 0.2) is 19.7 Å². The zero-order valence-electron chi connectivity index (χ0n) is 15.3. The Balaban J connectivity index is 1.82. The van der Waals surface area contributed by atoms with E-state index in [1.807, 2.05) is 30.3 Å². The van der Waals surface area contributed by atoms with Crippen molar-refractivity contribution in [2.75, 3.05) is 16.8 Å². The third kappa shape index (κ3) is 4.78. The van der Waals surface area contributed by atoms with Gasteiger partial charge in [0, 0.05) is 25.2 Å². The van der Waals surface area contributed by atoms with Gasteiger partial charge in [0.25, 0.3) is 0 Å². The lowest BCUT2D eigenvalue weighted by atomic mass is 10.2. The lowest BCUT2D eigenvalue weighted by Crippen LogP contribution is -2.43. The summed E-state index contributed by atoms with van der Waals surface area (Å²) in [4.78, 5) is 11.1. The van der Waals surface area contributed by atoms with Crippen LogP contribution in [0, 0.1) is 0 Å². The Hall–Kier alpha value is -2.23. The molecule has 0 radical (unpaired) electrons. The van der Waals surface area contributed by atoms with E-state index < -0.39 is 36.7 Å². The molecule has 2 atom stereocenters. The Labute approximate surface area is 165 Å². The van der Waals surface area contributed by atoms with E-state index in [4.69, 9.17) is 0 Å². The third-order valence-corrected chi connectivity index (χ3v) is 8.78. The van der Waals surface area contributed by atoms with Crippen LogP contribution in [0.1, 0.15) is 12.5 Å². The second kappa shape index (κ2) is 8.02. The van der Waals surface area contributed by atoms with Crippen LogP contribution < -0.4 is 10.6 Å². The molecule has 9 heteroatoms. The Morgan fingerprint density at radius 1 is 1.04 bits per heavy atom. The molecule has 1 aliphatic rings. The predicted molar refractivity (Wildman–Crippen MR) is 107 cm³/mol. The molecule has 28 heavy (non-hydrogen) atoms. The highest BCUT2D eigenvalue weighted by molar-refractivity contribution is 7.96. The van der Waals surface area contributed by atoms with Gasteiger partial charge in [-0.2, -0.15) is 0 Å². The van der Waals surface area contributed by atoms with E-state index in [9.17, 15) is 21.6 Å². The van der Waals surface area contributed by atoms with Crippen molar-refractivity contribution in [3.8, 4) is 0 Å². The Morgan fingerprint density at radius 3 is 2.29 bits per heavy atom. The van der Waals surface area contributed by atoms with Crippen molar-refractivity contribution in [3.05, 3.63) is 60.2 Å². The van der Waals surface area contributed by atoms with Gasteiger partial charge in [0.05, 0.1) is 21.7 Å². The van der Waals surface area contributed by atoms with Crippen molar-refractivity contribution in [2.24, 2.45) is 0 Å². The molecule has 0 bridgehead atoms. The van der Waals surface area contributed by atoms with Crippen molar-refractivity contribution in [2.45, 2.75) is 29.7 Å². The molecule has 3 rings (SSSR count). The Morgan fingerprint density at radius 2 is 1.68 bits per heavy atom. The quantitative estimate of drug-likeness (QED) is 0.728. The minimum absolute atomic E-state index is 0.0372. The van der Waals surface area contributed by atoms with E-state index in [1.165, 1.54) is 31.2 Å². The Kier molecular flexibility index (Phi) is 5.87. The molecule has 1 saturated heterocycles. The van der Waals surface area contributed by atoms with E-state index in [-0.39, 0.29) is 16.6 Å². The van der Waals surface area contributed by atoms with Crippen molar-refractivity contribution in [1.82, 2.24) is 5.32 Å². The predicted octanol–water partition coefficient (Wildman–Crippen LogP) is 1.37. The van der Waals surface area contributed by atoms with Crippen LogP contribution in [0.25, 0.3) is 0 Å². The number of benzene rings is 2. The second-order valence-corrected chi connectivity index (χ2v) is 11.2. The van der Waals surface area contributed by atoms with E-state index in [2.05, 4.69) is 10.6 Å². The summed E-state index contributed by atoms with van der Waals surface area (Å²) < 4.78 is 50.5. The number of rotatable bonds is 6. The van der Waals surface area contributed by atoms with Gasteiger partial charge in [-0.05, 0) is 29.8 Å². The highest BCUT2D eigenvalue weighted by Crippen LogP contribution is 2.27. The number of nitrogens with one attached hydrogen (secondary N) is 2. The molecular formula is C19H22N2O5S2. The summed E-state index contributed by atoms with van der Waals surface area (Å²) >= 11 is 0. The normalized spacial score (nSPS) is 21.3. The van der Waals surface area contributed by atoms with Crippen LogP contribution in [0.3, 0.4) is 0 Å². The van der Waals surface area contributed by atoms with Crippen molar-refractivity contribution in [3.63, 3.8) is 0 Å². The first-order valence-electron chi connectivity index (χ1n) is 8.77. The first-order valence-corrected chi connectivity index (χ1v) is 12.1. The standard InChI is InChI=1S/C19H22N2O5S2/c1-14(22)21-16-7-9-17(10-8-16)28(25,26)19-13-27(23,24)12-18(19)20-11-15-5-3-2-4-6-15/h2-10,18-20H,11-13H2,1H3,(H,21,22)/t18-,19-/m1/s1. The second-order valence-electron chi connectivity index (χ2n) is 6.84. The van der Waals surface area contributed by atoms with Crippen molar-refractivity contribution in [1.29, 1.82) is 0 Å². The molecule has 2 N–H and O–H groups in total. The van der Waals surface area contributed by atoms with Crippen LogP contribution in [-0.4, -0.2) is 45.5 Å². The molecule has 1 fully saturated rings. The largest absolute Gasteiger partial charge is 0.326 e. The van der Waals surface area contributed by atoms with Gasteiger partial charge in [-0.25, -0.2) is 16.8 Å². The SMILES string of the molecule is CC(=O)Nc1ccc(S(=O)(=O)[C@@H]2CS(=O)(=O)C[C@H]2NCc2ccccc2)cc1. The zero-order valence-corrected chi connectivity index (χ0v) is 17.0. The molecule has 1 amide bonds. The molecule has 0 spiro atoms. The zero-order chi connectivity index (χ0) is 20.4. The summed E-state index contributed by atoms with van der Waals surface area (Å²) in [6.45, 7) is 1.74. The minimum Gasteiger partial charge on any atom is -0.326 e. The fraction of sp³-hybridized carbons (Fsp3) is 0.316. The Bertz CT molecular complexity index is 1050. The maximum Gasteiger partial charge on any atom is 0.221 e. The van der Waals surface area contributed by atoms with E-state index in [0.717, 1.165) is 5.56 Å². The maximum absolute atomic E-state index is 13.1. The van der Waals surface area contributed by atoms with Gasteiger partial charge in [0.2, 0.25) is 5.91 Å². The molecule has 1 heterocycles. The van der Waals surface area contributed by atoms with Crippen molar-refractivity contribution < 1.29 is 21.6 Å². The maximum atomic E-state index is 13.1. The van der Waals surface area contributed by atoms with Crippen LogP contribution in [-0.2, 0) is 31.0 Å². The summed E-state index contributed by atoms with van der Waals surface area (Å²) in [5.74, 6) is -0.883. The molecule has 0 saturated carbocycles. The molecule has 7 nitrogen and oxygen atoms in total. The average molecular weight is 423 g/mol. The molecule has 0 aliphatic carbocycles. The summed E-state index contributed by atoms with van der Waals surface area (Å²) in [6, 6.07) is 14.5. The summed E-state index contributed by atoms with van der Waals surface area (Å²) in [6.07, 6.45) is 0. The highest BCUT2D eigenvalue weighted by atomic mass is 32.2. The van der Waals surface area contributed by atoms with E-state index in [0.29, 0.717) is 12.2 Å². The van der Waals surface area contributed by atoms with Gasteiger partial charge >= 0.3 is 0 Å². The van der Waals surface area contributed by atoms with Crippen molar-refractivity contribution >= 4 is 31.3 Å². The van der Waals surface area contributed by atoms with E-state index >= 15 is 0 Å². The number of carbonyl (C=O) groups excluding carboxylic acids is 1. The van der Waals surface area contributed by atoms with E-state index in [1.54, 1.807) is 0 Å². The molecule has 2 aromatic carbocycles. The fourth-order valence-electron chi connectivity index (χ4n) is 3.26. The number of anilines is 1. The highest BCUT2D eigenvalue weighted by Gasteiger charge is 2.45. The van der Waals surface area contributed by atoms with Crippen LogP contribution in [0.5, 0.6) is 0 Å². The molecular weight excluding hydrogens is 400 g/mol. The first kappa shape index (κ1) is 20.5. The molecule has 0 aromatic heterocycles. The number of hydrogen-bond donors (Lipinski definition) is 2. The van der Waals surface area contributed by atoms with Gasteiger partial charge in [-0.1, -0.05) is 30.3 Å². The number of amides is 1. The number of carbonyl (C=O) groups is 1. The average Bonchev–Trinajstić information content (AvgIpc) is 2.96. The summed E-state index contributed by atoms with van der Waals surface area (Å²) in [5, 5.41) is 4.61. The molecule has 1 aliphatic heterocycles. The van der Waals surface area contributed by atoms with Gasteiger partial charge in [0.1, 0.15) is 0 Å². The lowest BCUT2D eigenvalue weighted by Gasteiger charge is -2.20. The lowest BCUT2D eigenvalue weighted by molar-refractivity contribution is -0.114. The van der Waals surface area contributed by atoms with Gasteiger partial charge in [-0.15, -0.1) is 0 Å². The minimum atomic E-state index is -3.86. The number of hydrogen-bond acceptors (Lipinski definition) is 6. The van der Waals surface area contributed by atoms with Crippen LogP contribution >= 0.6 is 0 Å². The smallest absolute Gasteiger partial charge is 0.221 e. The topological polar surface area (TPSA) is 109 Å². The van der Waals surface area contributed by atoms with Crippen LogP contribution in [0.4, 0.5) is 5.69 Å². The third-order valence-electron chi connectivity index (χ3n) is 4.61. The summed E-state index contributed by atoms with van der Waals surface area (Å²) in [5.41, 5.74) is 1.42. The molecule has 2 aromatic rings. The first-order chi connectivity index (χ1) is 13.2. The fourth-order valence-corrected chi connectivity index (χ4v) is 7.98. The number of sulfone groups is 2. The summed E-state index contributed by atoms with van der Waals surface area (Å²) in [7, 11) is -7.33. The van der Waals surface area contributed by atoms with Crippen LogP contribution in [0.2, 0.25) is 0 Å². The molecule has 150 valence electrons. The van der Waals surface area contributed by atoms with Gasteiger partial charge < -0.3 is 10.6 Å². The molecule has 0 unspecified atom stereocenters.